The van der Waals surface area contributed by atoms with Gasteiger partial charge in [0.05, 0.1) is 5.56 Å². The molecule has 1 N–H and O–H groups in total. The van der Waals surface area contributed by atoms with Crippen molar-refractivity contribution in [2.75, 3.05) is 13.1 Å². The quantitative estimate of drug-likeness (QED) is 0.803. The molecular formula is C13H15F2NO. The molecule has 0 aromatic heterocycles. The molecule has 2 rings (SSSR count). The minimum Gasteiger partial charge on any atom is -0.316 e. The number of halogens is 2. The molecule has 1 aliphatic rings. The van der Waals surface area contributed by atoms with E-state index in [0.29, 0.717) is 13.0 Å². The number of rotatable bonds is 2. The van der Waals surface area contributed by atoms with Gasteiger partial charge in [0, 0.05) is 12.0 Å². The molecule has 1 aromatic rings. The van der Waals surface area contributed by atoms with Gasteiger partial charge >= 0.3 is 0 Å². The average Bonchev–Trinajstić information content (AvgIpc) is 2.74. The lowest BCUT2D eigenvalue weighted by atomic mass is 9.81. The number of Topliss-reactive ketones (excluding diaryl/α,β-unsaturated/α-hetero) is 1. The second-order valence-corrected chi connectivity index (χ2v) is 4.87. The van der Waals surface area contributed by atoms with Gasteiger partial charge in [-0.05, 0) is 31.5 Å². The van der Waals surface area contributed by atoms with E-state index >= 15 is 0 Å². The molecule has 0 aliphatic carbocycles. The van der Waals surface area contributed by atoms with Gasteiger partial charge in [0.15, 0.2) is 17.4 Å². The molecule has 1 saturated heterocycles. The van der Waals surface area contributed by atoms with Gasteiger partial charge in [-0.1, -0.05) is 13.0 Å². The molecule has 4 heteroatoms. The highest BCUT2D eigenvalue weighted by atomic mass is 19.2. The largest absolute Gasteiger partial charge is 0.316 e. The van der Waals surface area contributed by atoms with Crippen LogP contribution in [-0.2, 0) is 0 Å². The van der Waals surface area contributed by atoms with E-state index in [2.05, 4.69) is 5.32 Å². The first-order valence-corrected chi connectivity index (χ1v) is 5.66. The second-order valence-electron chi connectivity index (χ2n) is 4.87. The number of aryl methyl sites for hydroxylation is 1. The molecule has 0 radical (unpaired) electrons. The highest BCUT2D eigenvalue weighted by Gasteiger charge is 2.38. The SMILES string of the molecule is Cc1ccc(C(=O)C2(C)CCNC2)c(F)c1F. The van der Waals surface area contributed by atoms with Crippen molar-refractivity contribution in [3.8, 4) is 0 Å². The zero-order chi connectivity index (χ0) is 12.6. The number of hydrogen-bond donors (Lipinski definition) is 1. The summed E-state index contributed by atoms with van der Waals surface area (Å²) in [6.45, 7) is 4.51. The Labute approximate surface area is 99.0 Å². The minimum absolute atomic E-state index is 0.140. The Morgan fingerprint density at radius 2 is 2.06 bits per heavy atom. The summed E-state index contributed by atoms with van der Waals surface area (Å²) >= 11 is 0. The van der Waals surface area contributed by atoms with Gasteiger partial charge in [-0.25, -0.2) is 8.78 Å². The second kappa shape index (κ2) is 4.18. The van der Waals surface area contributed by atoms with E-state index in [4.69, 9.17) is 0 Å². The smallest absolute Gasteiger partial charge is 0.173 e. The molecule has 1 aromatic carbocycles. The molecular weight excluding hydrogens is 224 g/mol. The Kier molecular flexibility index (Phi) is 3.00. The first-order chi connectivity index (χ1) is 7.96. The summed E-state index contributed by atoms with van der Waals surface area (Å²) in [7, 11) is 0. The van der Waals surface area contributed by atoms with Crippen LogP contribution in [0.2, 0.25) is 0 Å². The van der Waals surface area contributed by atoms with Gasteiger partial charge in [0.2, 0.25) is 0 Å². The first-order valence-electron chi connectivity index (χ1n) is 5.66. The number of carbonyl (C=O) groups excluding carboxylic acids is 1. The van der Waals surface area contributed by atoms with Crippen LogP contribution in [-0.4, -0.2) is 18.9 Å². The summed E-state index contributed by atoms with van der Waals surface area (Å²) in [6, 6.07) is 2.82. The van der Waals surface area contributed by atoms with Crippen molar-refractivity contribution in [3.63, 3.8) is 0 Å². The third-order valence-corrected chi connectivity index (χ3v) is 3.44. The predicted octanol–water partition coefficient (Wildman–Crippen LogP) is 2.46. The van der Waals surface area contributed by atoms with E-state index in [1.807, 2.05) is 0 Å². The number of nitrogens with one attached hydrogen (secondary N) is 1. The summed E-state index contributed by atoms with van der Waals surface area (Å²) in [5.74, 6) is -2.27. The van der Waals surface area contributed by atoms with Crippen LogP contribution in [0.15, 0.2) is 12.1 Å². The minimum atomic E-state index is -1.02. The summed E-state index contributed by atoms with van der Waals surface area (Å²) in [5, 5.41) is 3.07. The fraction of sp³-hybridized carbons (Fsp3) is 0.462. The molecule has 1 aliphatic heterocycles. The Morgan fingerprint density at radius 1 is 1.35 bits per heavy atom. The summed E-state index contributed by atoms with van der Waals surface area (Å²) in [6.07, 6.45) is 0.654. The Bertz CT molecular complexity index is 465. The van der Waals surface area contributed by atoms with Gasteiger partial charge in [0.25, 0.3) is 0 Å². The molecule has 0 bridgehead atoms. The van der Waals surface area contributed by atoms with Gasteiger partial charge in [-0.2, -0.15) is 0 Å². The van der Waals surface area contributed by atoms with Crippen LogP contribution < -0.4 is 5.32 Å². The molecule has 0 spiro atoms. The van der Waals surface area contributed by atoms with Crippen LogP contribution in [0.4, 0.5) is 8.78 Å². The van der Waals surface area contributed by atoms with Crippen LogP contribution >= 0.6 is 0 Å². The van der Waals surface area contributed by atoms with Gasteiger partial charge in [0.1, 0.15) is 0 Å². The van der Waals surface area contributed by atoms with E-state index in [0.717, 1.165) is 6.54 Å². The van der Waals surface area contributed by atoms with Gasteiger partial charge < -0.3 is 5.32 Å². The summed E-state index contributed by atoms with van der Waals surface area (Å²) < 4.78 is 27.1. The van der Waals surface area contributed by atoms with Crippen molar-refractivity contribution in [2.45, 2.75) is 20.3 Å². The molecule has 1 heterocycles. The monoisotopic (exact) mass is 239 g/mol. The first kappa shape index (κ1) is 12.2. The molecule has 1 unspecified atom stereocenters. The molecule has 0 saturated carbocycles. The molecule has 1 atom stereocenters. The predicted molar refractivity (Wildman–Crippen MR) is 61.0 cm³/mol. The fourth-order valence-corrected chi connectivity index (χ4v) is 2.16. The maximum Gasteiger partial charge on any atom is 0.173 e. The molecule has 17 heavy (non-hydrogen) atoms. The zero-order valence-electron chi connectivity index (χ0n) is 9.94. The number of ketones is 1. The number of hydrogen-bond acceptors (Lipinski definition) is 2. The van der Waals surface area contributed by atoms with E-state index < -0.39 is 17.0 Å². The lowest BCUT2D eigenvalue weighted by Gasteiger charge is -2.21. The van der Waals surface area contributed by atoms with Crippen LogP contribution in [0.5, 0.6) is 0 Å². The molecule has 0 amide bonds. The van der Waals surface area contributed by atoms with Crippen molar-refractivity contribution in [2.24, 2.45) is 5.41 Å². The highest BCUT2D eigenvalue weighted by Crippen LogP contribution is 2.31. The van der Waals surface area contributed by atoms with Crippen molar-refractivity contribution >= 4 is 5.78 Å². The van der Waals surface area contributed by atoms with Gasteiger partial charge in [-0.15, -0.1) is 0 Å². The Hall–Kier alpha value is -1.29. The molecule has 2 nitrogen and oxygen atoms in total. The topological polar surface area (TPSA) is 29.1 Å². The average molecular weight is 239 g/mol. The number of carbonyl (C=O) groups is 1. The summed E-state index contributed by atoms with van der Waals surface area (Å²) in [5.41, 5.74) is -0.546. The van der Waals surface area contributed by atoms with Crippen LogP contribution in [0.25, 0.3) is 0 Å². The van der Waals surface area contributed by atoms with Crippen molar-refractivity contribution < 1.29 is 13.6 Å². The van der Waals surface area contributed by atoms with E-state index in [-0.39, 0.29) is 16.9 Å². The van der Waals surface area contributed by atoms with E-state index in [1.165, 1.54) is 19.1 Å². The Morgan fingerprint density at radius 3 is 2.65 bits per heavy atom. The molecule has 92 valence electrons. The fourth-order valence-electron chi connectivity index (χ4n) is 2.16. The van der Waals surface area contributed by atoms with Crippen molar-refractivity contribution in [1.82, 2.24) is 5.32 Å². The lowest BCUT2D eigenvalue weighted by molar-refractivity contribution is 0.0834. The maximum absolute atomic E-state index is 13.7. The van der Waals surface area contributed by atoms with Crippen LogP contribution in [0, 0.1) is 24.0 Å². The number of benzene rings is 1. The third kappa shape index (κ3) is 1.97. The normalized spacial score (nSPS) is 24.0. The van der Waals surface area contributed by atoms with Crippen molar-refractivity contribution in [1.29, 1.82) is 0 Å². The third-order valence-electron chi connectivity index (χ3n) is 3.44. The van der Waals surface area contributed by atoms with Gasteiger partial charge in [-0.3, -0.25) is 4.79 Å². The Balaban J connectivity index is 2.41. The highest BCUT2D eigenvalue weighted by molar-refractivity contribution is 6.01. The zero-order valence-corrected chi connectivity index (χ0v) is 9.94. The standard InChI is InChI=1S/C13H15F2NO/c1-8-3-4-9(11(15)10(8)14)12(17)13(2)5-6-16-7-13/h3-4,16H,5-7H2,1-2H3. The van der Waals surface area contributed by atoms with Crippen LogP contribution in [0.1, 0.15) is 29.3 Å². The van der Waals surface area contributed by atoms with E-state index in [9.17, 15) is 13.6 Å². The van der Waals surface area contributed by atoms with Crippen LogP contribution in [0.3, 0.4) is 0 Å². The van der Waals surface area contributed by atoms with Crippen molar-refractivity contribution in [3.05, 3.63) is 34.9 Å². The maximum atomic E-state index is 13.7. The lowest BCUT2D eigenvalue weighted by Crippen LogP contribution is -2.31. The summed E-state index contributed by atoms with van der Waals surface area (Å²) in [4.78, 5) is 12.2. The molecule has 1 fully saturated rings. The van der Waals surface area contributed by atoms with E-state index in [1.54, 1.807) is 6.92 Å².